The van der Waals surface area contributed by atoms with Gasteiger partial charge in [-0.2, -0.15) is 17.2 Å². The Bertz CT molecular complexity index is 8630. The molecule has 16 nitrogen and oxygen atoms in total. The number of furan rings is 2. The molecule has 12 heterocycles. The molecule has 0 saturated carbocycles. The number of fused-ring (bicyclic) bond motifs is 23. The van der Waals surface area contributed by atoms with Crippen LogP contribution in [0.25, 0.3) is 200 Å². The maximum atomic E-state index is 8.36. The first-order valence-electron chi connectivity index (χ1n) is 42.8. The molecule has 0 atom stereocenters. The van der Waals surface area contributed by atoms with Crippen LogP contribution in [0.5, 0.6) is 0 Å². The second kappa shape index (κ2) is 28.4. The molecule has 0 unspecified atom stereocenters. The van der Waals surface area contributed by atoms with Crippen LogP contribution in [-0.4, -0.2) is 61.4 Å². The molecular formula is C105H82N14O2Pt2-2. The summed E-state index contributed by atoms with van der Waals surface area (Å²) in [6, 6.07) is 92.7. The van der Waals surface area contributed by atoms with E-state index in [4.69, 9.17) is 38.0 Å². The first kappa shape index (κ1) is 73.6. The van der Waals surface area contributed by atoms with Crippen LogP contribution in [0.15, 0.2) is 258 Å². The minimum Gasteiger partial charge on any atom is -0.514 e. The standard InChI is InChI=1S/C56H47N7O.C49H35N7O.2Pt/c1-32(2)38-18-14-19-39(33(3)4)52(38)35-30-58-60(31-35)37-26-43-41-17-10-12-22-50(41)64-54(43)49(27-37)61-44-20-11-9-16-40(44)42-28-47-48(29-46(42)61)63(51-25-36(23-24-57-51)56(6,7)8)55-59-53-34(5)15-13-21-45(53)62(47)55;1-29-13-12-19-39-46(29)51-48-55(39)41-26-34-32-14-6-8-16-36(32)54(40(34)27-42(41)56(48)45-23-30(21-22-50-45)49(2,3)4)43-25-31(53-28-52(5)37-17-9-10-18-38(37)53)24-35-33-15-7-11-20-44(33)57-47(35)43;;/h9-26,28,30-33H,1-8H3;6-24,26H,1-5H3;;/q2*-2;;+2/i;5D3;;. The van der Waals surface area contributed by atoms with E-state index >= 15 is 0 Å². The van der Waals surface area contributed by atoms with Crippen molar-refractivity contribution in [3.8, 4) is 45.5 Å². The minimum atomic E-state index is -2.45. The summed E-state index contributed by atoms with van der Waals surface area (Å²) in [6.07, 6.45) is 11.1. The van der Waals surface area contributed by atoms with Crippen molar-refractivity contribution in [3.63, 3.8) is 0 Å². The van der Waals surface area contributed by atoms with Crippen LogP contribution < -0.4 is 4.57 Å². The molecule has 12 aromatic carbocycles. The number of hydrogen-bond donors (Lipinski definition) is 0. The summed E-state index contributed by atoms with van der Waals surface area (Å²) in [5.74, 6) is 3.79. The topological polar surface area (TPSA) is 133 Å². The summed E-state index contributed by atoms with van der Waals surface area (Å²) < 4.78 is 56.9. The Morgan fingerprint density at radius 3 is 1.37 bits per heavy atom. The van der Waals surface area contributed by atoms with Crippen molar-refractivity contribution in [1.82, 2.24) is 61.4 Å². The molecule has 0 amide bonds. The Balaban J connectivity index is 0.000000152. The number of imidazole rings is 5. The van der Waals surface area contributed by atoms with Crippen LogP contribution in [0.4, 0.5) is 0 Å². The monoisotopic (exact) mass is 1960 g/mol. The number of benzene rings is 12. The van der Waals surface area contributed by atoms with Gasteiger partial charge in [-0.15, -0.1) is 47.2 Å². The molecule has 0 aliphatic rings. The van der Waals surface area contributed by atoms with Gasteiger partial charge in [0.05, 0.1) is 50.4 Å². The van der Waals surface area contributed by atoms with E-state index in [0.29, 0.717) is 39.8 Å². The first-order valence-corrected chi connectivity index (χ1v) is 41.3. The van der Waals surface area contributed by atoms with E-state index in [0.717, 1.165) is 183 Å². The van der Waals surface area contributed by atoms with Gasteiger partial charge in [0.25, 0.3) is 0 Å². The van der Waals surface area contributed by atoms with Gasteiger partial charge in [0.1, 0.15) is 22.8 Å². The quantitative estimate of drug-likeness (QED) is 0.104. The Kier molecular flexibility index (Phi) is 17.0. The number of aromatic nitrogens is 14. The summed E-state index contributed by atoms with van der Waals surface area (Å²) in [4.78, 5) is 20.6. The Labute approximate surface area is 741 Å². The van der Waals surface area contributed by atoms with E-state index in [1.54, 1.807) is 10.6 Å². The maximum Gasteiger partial charge on any atom is 2.00 e. The van der Waals surface area contributed by atoms with Crippen LogP contribution in [0.2, 0.25) is 0 Å². The zero-order valence-corrected chi connectivity index (χ0v) is 74.1. The zero-order chi connectivity index (χ0) is 84.6. The molecule has 24 aromatic rings. The molecule has 18 heteroatoms. The fraction of sp³-hybridized carbons (Fsp3) is 0.162. The van der Waals surface area contributed by atoms with E-state index in [1.165, 1.54) is 26.8 Å². The smallest absolute Gasteiger partial charge is 0.514 e. The van der Waals surface area contributed by atoms with Gasteiger partial charge in [-0.25, -0.2) is 19.9 Å². The number of aryl methyl sites for hydroxylation is 3. The van der Waals surface area contributed by atoms with Gasteiger partial charge in [0.2, 0.25) is 17.9 Å². The number of rotatable bonds is 9. The van der Waals surface area contributed by atoms with Gasteiger partial charge < -0.3 is 35.9 Å². The molecule has 0 N–H and O–H groups in total. The van der Waals surface area contributed by atoms with Crippen molar-refractivity contribution in [2.75, 3.05) is 0 Å². The van der Waals surface area contributed by atoms with Crippen LogP contribution in [-0.2, 0) is 59.9 Å². The summed E-state index contributed by atoms with van der Waals surface area (Å²) in [5.41, 5.74) is 27.6. The van der Waals surface area contributed by atoms with E-state index in [9.17, 15) is 0 Å². The molecular weight excluding hydrogens is 1880 g/mol. The maximum absolute atomic E-state index is 8.36. The molecule has 24 rings (SSSR count). The molecule has 12 aromatic heterocycles. The predicted octanol–water partition coefficient (Wildman–Crippen LogP) is 24.7. The van der Waals surface area contributed by atoms with Gasteiger partial charge in [-0.3, -0.25) is 13.8 Å². The van der Waals surface area contributed by atoms with Crippen LogP contribution in [0.1, 0.15) is 119 Å². The van der Waals surface area contributed by atoms with Crippen molar-refractivity contribution in [3.05, 3.63) is 313 Å². The third kappa shape index (κ3) is 11.7. The molecule has 0 fully saturated rings. The van der Waals surface area contributed by atoms with Gasteiger partial charge in [0, 0.05) is 78.2 Å². The van der Waals surface area contributed by atoms with Gasteiger partial charge in [-0.1, -0.05) is 236 Å². The van der Waals surface area contributed by atoms with Crippen LogP contribution in [0.3, 0.4) is 0 Å². The molecule has 0 spiro atoms. The summed E-state index contributed by atoms with van der Waals surface area (Å²) in [6.45, 7) is 24.1. The van der Waals surface area contributed by atoms with E-state index < -0.39 is 6.98 Å². The number of nitrogens with zero attached hydrogens (tertiary/aromatic N) is 14. The van der Waals surface area contributed by atoms with Gasteiger partial charge in [-0.05, 0) is 186 Å². The van der Waals surface area contributed by atoms with E-state index in [2.05, 4.69) is 299 Å². The van der Waals surface area contributed by atoms with Gasteiger partial charge in [0.15, 0.2) is 0 Å². The minimum absolute atomic E-state index is 0. The van der Waals surface area contributed by atoms with Gasteiger partial charge >= 0.3 is 21.1 Å². The predicted molar refractivity (Wildman–Crippen MR) is 488 cm³/mol. The largest absolute Gasteiger partial charge is 2.00 e. The molecule has 0 saturated heterocycles. The Morgan fingerprint density at radius 1 is 0.431 bits per heavy atom. The van der Waals surface area contributed by atoms with Crippen LogP contribution >= 0.6 is 0 Å². The number of hydrogen-bond acceptors (Lipinski definition) is 7. The Hall–Kier alpha value is -13.3. The fourth-order valence-corrected chi connectivity index (χ4v) is 18.6. The fourth-order valence-electron chi connectivity index (χ4n) is 18.6. The van der Waals surface area contributed by atoms with Crippen LogP contribution in [0, 0.1) is 44.4 Å². The Morgan fingerprint density at radius 2 is 0.878 bits per heavy atom. The molecule has 0 radical (unpaired) electrons. The average Bonchev–Trinajstić information content (AvgIpc) is 1.54. The SMILES string of the molecule is Cc1cccc2c1nc1n(-c3cc(C(C)(C)C)ccn3)c3[c-]c4c(cc3n21)c1ccccc1n4-c1[c-]c(-n2cc(-c3c(C(C)C)cccc3C(C)C)cn2)cc2c1oc1ccccc12.[2H]C([2H])([2H])[n+]1[c-]n(-c2[c-]c(-n3c4[c-]c5c(cc4c4ccccc43)n3c4cccc(C)c4nc3n5-c3cc(C(C)(C)C)ccn3)c3oc4ccccc4c3c2)c2ccccc21.[Pt+2].[Pt]. The zero-order valence-electron chi connectivity index (χ0n) is 72.5. The first-order chi connectivity index (χ1) is 59.9. The second-order valence-corrected chi connectivity index (χ2v) is 34.8. The van der Waals surface area contributed by atoms with Crippen molar-refractivity contribution in [2.24, 2.45) is 6.98 Å². The normalized spacial score (nSPS) is 12.9. The third-order valence-electron chi connectivity index (χ3n) is 24.6. The molecule has 0 aliphatic heterocycles. The summed E-state index contributed by atoms with van der Waals surface area (Å²) in [5, 5.41) is 13.0. The van der Waals surface area contributed by atoms with Crippen molar-refractivity contribution in [2.45, 2.75) is 106 Å². The van der Waals surface area contributed by atoms with Crippen molar-refractivity contribution < 1.29 is 59.6 Å². The molecule has 606 valence electrons. The molecule has 0 bridgehead atoms. The molecule has 123 heavy (non-hydrogen) atoms. The summed E-state index contributed by atoms with van der Waals surface area (Å²) >= 11 is 0. The molecule has 0 aliphatic carbocycles. The summed E-state index contributed by atoms with van der Waals surface area (Å²) in [7, 11) is 0. The van der Waals surface area contributed by atoms with E-state index in [1.807, 2.05) is 90.0 Å². The number of para-hydroxylation sites is 8. The van der Waals surface area contributed by atoms with Crippen molar-refractivity contribution >= 4 is 154 Å². The van der Waals surface area contributed by atoms with E-state index in [-0.39, 0.29) is 53.0 Å². The average molecular weight is 1970 g/mol. The second-order valence-electron chi connectivity index (χ2n) is 34.8. The van der Waals surface area contributed by atoms with Crippen molar-refractivity contribution in [1.29, 1.82) is 0 Å². The third-order valence-corrected chi connectivity index (χ3v) is 24.6. The number of pyridine rings is 2.